The number of nitrogens with one attached hydrogen (secondary N) is 1. The minimum Gasteiger partial charge on any atom is -0.372 e. The van der Waals surface area contributed by atoms with Gasteiger partial charge in [-0.05, 0) is 42.0 Å². The van der Waals surface area contributed by atoms with Crippen molar-refractivity contribution in [2.75, 3.05) is 54.4 Å². The highest BCUT2D eigenvalue weighted by molar-refractivity contribution is 5.93. The molecule has 2 saturated heterocycles. The average Bonchev–Trinajstić information content (AvgIpc) is 2.79. The van der Waals surface area contributed by atoms with Gasteiger partial charge < -0.3 is 34.9 Å². The van der Waals surface area contributed by atoms with Gasteiger partial charge in [-0.15, -0.1) is 0 Å². The predicted octanol–water partition coefficient (Wildman–Crippen LogP) is 2.96. The number of carbonyl (C=O) groups is 1. The Morgan fingerprint density at radius 3 is 2.38 bits per heavy atom. The highest BCUT2D eigenvalue weighted by Gasteiger charge is 2.26. The van der Waals surface area contributed by atoms with Crippen molar-refractivity contribution in [2.45, 2.75) is 26.1 Å². The van der Waals surface area contributed by atoms with E-state index in [-0.39, 0.29) is 24.1 Å². The van der Waals surface area contributed by atoms with E-state index in [2.05, 4.69) is 33.9 Å². The lowest BCUT2D eigenvalue weighted by molar-refractivity contribution is -0.389. The Bertz CT molecular complexity index is 951. The van der Waals surface area contributed by atoms with E-state index in [4.69, 9.17) is 4.74 Å². The van der Waals surface area contributed by atoms with Crippen LogP contribution in [0.1, 0.15) is 13.8 Å². The molecule has 10 nitrogen and oxygen atoms in total. The van der Waals surface area contributed by atoms with Crippen LogP contribution in [0.2, 0.25) is 0 Å². The molecule has 32 heavy (non-hydrogen) atoms. The summed E-state index contributed by atoms with van der Waals surface area (Å²) in [6.45, 7) is 8.04. The molecule has 0 saturated carbocycles. The number of rotatable bonds is 4. The third-order valence-corrected chi connectivity index (χ3v) is 5.76. The Hall–Kier alpha value is -3.40. The van der Waals surface area contributed by atoms with Crippen LogP contribution in [0, 0.1) is 10.1 Å². The van der Waals surface area contributed by atoms with Crippen molar-refractivity contribution in [3.05, 3.63) is 52.7 Å². The Morgan fingerprint density at radius 1 is 1.06 bits per heavy atom. The maximum atomic E-state index is 13.0. The molecule has 1 N–H and O–H groups in total. The Kier molecular flexibility index (Phi) is 6.40. The lowest BCUT2D eigenvalue weighted by Crippen LogP contribution is -2.50. The molecule has 1 aromatic carbocycles. The van der Waals surface area contributed by atoms with E-state index in [9.17, 15) is 14.9 Å². The molecule has 0 unspecified atom stereocenters. The SMILES string of the molecule is C[C@@H]1CN(c2ccccc2NC(=O)N2CCN(c3ccc([N+](=O)[O-])nc3)CC2)C[C@H](C)O1. The molecule has 2 atom stereocenters. The fraction of sp³-hybridized carbons (Fsp3) is 0.455. The second-order valence-electron chi connectivity index (χ2n) is 8.22. The molecule has 2 aromatic rings. The van der Waals surface area contributed by atoms with E-state index < -0.39 is 4.92 Å². The van der Waals surface area contributed by atoms with Gasteiger partial charge in [0.15, 0.2) is 6.20 Å². The van der Waals surface area contributed by atoms with Crippen LogP contribution in [0.15, 0.2) is 42.6 Å². The molecule has 0 aliphatic carbocycles. The van der Waals surface area contributed by atoms with Crippen LogP contribution in [-0.2, 0) is 4.74 Å². The van der Waals surface area contributed by atoms with Crippen LogP contribution in [0.3, 0.4) is 0 Å². The van der Waals surface area contributed by atoms with Gasteiger partial charge in [0.25, 0.3) is 0 Å². The quantitative estimate of drug-likeness (QED) is 0.576. The van der Waals surface area contributed by atoms with E-state index >= 15 is 0 Å². The van der Waals surface area contributed by atoms with Crippen LogP contribution in [0.5, 0.6) is 0 Å². The predicted molar refractivity (Wildman–Crippen MR) is 122 cm³/mol. The number of piperazine rings is 1. The molecule has 0 bridgehead atoms. The first-order valence-corrected chi connectivity index (χ1v) is 10.8. The summed E-state index contributed by atoms with van der Waals surface area (Å²) in [7, 11) is 0. The molecule has 4 rings (SSSR count). The van der Waals surface area contributed by atoms with Gasteiger partial charge >= 0.3 is 11.8 Å². The molecule has 2 fully saturated rings. The fourth-order valence-electron chi connectivity index (χ4n) is 4.26. The molecule has 2 amide bonds. The fourth-order valence-corrected chi connectivity index (χ4v) is 4.26. The molecule has 170 valence electrons. The summed E-state index contributed by atoms with van der Waals surface area (Å²) < 4.78 is 5.84. The first kappa shape index (κ1) is 21.8. The van der Waals surface area contributed by atoms with Gasteiger partial charge in [-0.2, -0.15) is 0 Å². The summed E-state index contributed by atoms with van der Waals surface area (Å²) in [5, 5.41) is 13.9. The van der Waals surface area contributed by atoms with E-state index in [1.165, 1.54) is 12.3 Å². The Labute approximate surface area is 186 Å². The molecule has 2 aliphatic heterocycles. The van der Waals surface area contributed by atoms with Crippen LogP contribution in [0.25, 0.3) is 0 Å². The van der Waals surface area contributed by atoms with Crippen molar-refractivity contribution in [2.24, 2.45) is 0 Å². The largest absolute Gasteiger partial charge is 0.372 e. The third-order valence-electron chi connectivity index (χ3n) is 5.76. The molecule has 3 heterocycles. The van der Waals surface area contributed by atoms with Crippen LogP contribution in [0.4, 0.5) is 27.7 Å². The van der Waals surface area contributed by atoms with Crippen molar-refractivity contribution < 1.29 is 14.5 Å². The van der Waals surface area contributed by atoms with Crippen molar-refractivity contribution in [3.8, 4) is 0 Å². The normalized spacial score (nSPS) is 21.4. The summed E-state index contributed by atoms with van der Waals surface area (Å²) in [6.07, 6.45) is 1.77. The minimum atomic E-state index is -0.512. The van der Waals surface area contributed by atoms with Crippen LogP contribution in [-0.4, -0.2) is 72.3 Å². The van der Waals surface area contributed by atoms with Crippen LogP contribution < -0.4 is 15.1 Å². The summed E-state index contributed by atoms with van der Waals surface area (Å²) >= 11 is 0. The summed E-state index contributed by atoms with van der Waals surface area (Å²) in [4.78, 5) is 33.2. The van der Waals surface area contributed by atoms with Gasteiger partial charge in [0.1, 0.15) is 0 Å². The Morgan fingerprint density at radius 2 is 1.75 bits per heavy atom. The van der Waals surface area contributed by atoms with Gasteiger partial charge in [-0.1, -0.05) is 12.1 Å². The maximum absolute atomic E-state index is 13.0. The molecular formula is C22H28N6O4. The number of amides is 2. The highest BCUT2D eigenvalue weighted by Crippen LogP contribution is 2.29. The number of ether oxygens (including phenoxy) is 1. The smallest absolute Gasteiger partial charge is 0.363 e. The number of urea groups is 1. The van der Waals surface area contributed by atoms with Gasteiger partial charge in [0.05, 0.1) is 29.3 Å². The topological polar surface area (TPSA) is 104 Å². The first-order valence-electron chi connectivity index (χ1n) is 10.8. The lowest BCUT2D eigenvalue weighted by atomic mass is 10.1. The zero-order chi connectivity index (χ0) is 22.7. The number of nitrogens with zero attached hydrogens (tertiary/aromatic N) is 5. The van der Waals surface area contributed by atoms with Crippen molar-refractivity contribution >= 4 is 28.9 Å². The molecule has 0 radical (unpaired) electrons. The molecular weight excluding hydrogens is 412 g/mol. The number of aromatic nitrogens is 1. The second kappa shape index (κ2) is 9.39. The number of nitro groups is 1. The van der Waals surface area contributed by atoms with Crippen molar-refractivity contribution in [1.29, 1.82) is 0 Å². The first-order chi connectivity index (χ1) is 15.4. The number of hydrogen-bond donors (Lipinski definition) is 1. The van der Waals surface area contributed by atoms with E-state index in [1.54, 1.807) is 11.0 Å². The number of anilines is 3. The Balaban J connectivity index is 1.37. The zero-order valence-corrected chi connectivity index (χ0v) is 18.3. The minimum absolute atomic E-state index is 0.129. The van der Waals surface area contributed by atoms with Gasteiger partial charge in [-0.25, -0.2) is 4.79 Å². The van der Waals surface area contributed by atoms with E-state index in [0.29, 0.717) is 26.2 Å². The maximum Gasteiger partial charge on any atom is 0.363 e. The van der Waals surface area contributed by atoms with Gasteiger partial charge in [0.2, 0.25) is 0 Å². The van der Waals surface area contributed by atoms with Crippen LogP contribution >= 0.6 is 0 Å². The number of benzene rings is 1. The number of para-hydroxylation sites is 2. The van der Waals surface area contributed by atoms with E-state index in [1.807, 2.05) is 24.3 Å². The number of hydrogen-bond acceptors (Lipinski definition) is 7. The summed E-state index contributed by atoms with van der Waals surface area (Å²) in [6, 6.07) is 10.8. The van der Waals surface area contributed by atoms with Gasteiger partial charge in [-0.3, -0.25) is 0 Å². The average molecular weight is 441 g/mol. The summed E-state index contributed by atoms with van der Waals surface area (Å²) in [5.41, 5.74) is 2.61. The molecule has 1 aromatic heterocycles. The number of pyridine rings is 1. The summed E-state index contributed by atoms with van der Waals surface area (Å²) in [5.74, 6) is -0.172. The standard InChI is InChI=1S/C22H28N6O4/c1-16-14-27(15-17(2)32-16)20-6-4-3-5-19(20)24-22(29)26-11-9-25(10-12-26)18-7-8-21(23-13-18)28(30)31/h3-8,13,16-17H,9-12,14-15H2,1-2H3,(H,24,29)/t16-,17+. The molecule has 2 aliphatic rings. The molecule has 10 heteroatoms. The molecule has 0 spiro atoms. The second-order valence-corrected chi connectivity index (χ2v) is 8.22. The zero-order valence-electron chi connectivity index (χ0n) is 18.3. The van der Waals surface area contributed by atoms with Crippen molar-refractivity contribution in [3.63, 3.8) is 0 Å². The lowest BCUT2D eigenvalue weighted by Gasteiger charge is -2.38. The van der Waals surface area contributed by atoms with Crippen molar-refractivity contribution in [1.82, 2.24) is 9.88 Å². The monoisotopic (exact) mass is 440 g/mol. The number of carbonyl (C=O) groups excluding carboxylic acids is 1. The number of morpholine rings is 1. The van der Waals surface area contributed by atoms with Gasteiger partial charge in [0, 0.05) is 45.3 Å². The third kappa shape index (κ3) is 4.91. The highest BCUT2D eigenvalue weighted by atomic mass is 16.6. The van der Waals surface area contributed by atoms with E-state index in [0.717, 1.165) is 30.2 Å².